The van der Waals surface area contributed by atoms with Crippen molar-refractivity contribution in [3.63, 3.8) is 0 Å². The molecule has 1 amide bonds. The Hall–Kier alpha value is -2.41. The Morgan fingerprint density at radius 3 is 2.58 bits per heavy atom. The van der Waals surface area contributed by atoms with Crippen molar-refractivity contribution in [2.75, 3.05) is 30.9 Å². The van der Waals surface area contributed by atoms with Crippen LogP contribution in [0.1, 0.15) is 9.67 Å². The van der Waals surface area contributed by atoms with Crippen LogP contribution in [0.3, 0.4) is 0 Å². The van der Waals surface area contributed by atoms with Gasteiger partial charge in [-0.3, -0.25) is 4.79 Å². The SMILES string of the molecule is COCCNc1nc(-c2ccccc2)c(C(=O)Nc2ccc(Cl)cc2)s1. The summed E-state index contributed by atoms with van der Waals surface area (Å²) in [7, 11) is 1.64. The van der Waals surface area contributed by atoms with E-state index < -0.39 is 0 Å². The van der Waals surface area contributed by atoms with E-state index in [1.807, 2.05) is 30.3 Å². The fraction of sp³-hybridized carbons (Fsp3) is 0.158. The van der Waals surface area contributed by atoms with Crippen molar-refractivity contribution >= 4 is 39.7 Å². The number of amides is 1. The summed E-state index contributed by atoms with van der Waals surface area (Å²) >= 11 is 7.21. The highest BCUT2D eigenvalue weighted by Gasteiger charge is 2.19. The normalized spacial score (nSPS) is 10.5. The van der Waals surface area contributed by atoms with Crippen molar-refractivity contribution in [1.82, 2.24) is 4.98 Å². The van der Waals surface area contributed by atoms with E-state index in [2.05, 4.69) is 15.6 Å². The molecule has 0 aliphatic rings. The second-order valence-electron chi connectivity index (χ2n) is 5.44. The van der Waals surface area contributed by atoms with Gasteiger partial charge in [-0.05, 0) is 24.3 Å². The van der Waals surface area contributed by atoms with Crippen molar-refractivity contribution in [2.24, 2.45) is 0 Å². The smallest absolute Gasteiger partial charge is 0.268 e. The van der Waals surface area contributed by atoms with Crippen molar-refractivity contribution < 1.29 is 9.53 Å². The maximum atomic E-state index is 12.8. The standard InChI is InChI=1S/C19H18ClN3O2S/c1-25-12-11-21-19-23-16(13-5-3-2-4-6-13)17(26-19)18(24)22-15-9-7-14(20)8-10-15/h2-10H,11-12H2,1H3,(H,21,23)(H,22,24). The summed E-state index contributed by atoms with van der Waals surface area (Å²) in [6.07, 6.45) is 0. The van der Waals surface area contributed by atoms with Crippen LogP contribution in [0, 0.1) is 0 Å². The number of rotatable bonds is 7. The molecule has 1 heterocycles. The molecule has 134 valence electrons. The van der Waals surface area contributed by atoms with Crippen LogP contribution in [-0.2, 0) is 4.74 Å². The molecule has 0 bridgehead atoms. The zero-order valence-corrected chi connectivity index (χ0v) is 15.7. The summed E-state index contributed by atoms with van der Waals surface area (Å²) < 4.78 is 5.05. The molecule has 0 atom stereocenters. The minimum atomic E-state index is -0.205. The fourth-order valence-corrected chi connectivity index (χ4v) is 3.36. The number of carbonyl (C=O) groups excluding carboxylic acids is 1. The van der Waals surface area contributed by atoms with Crippen molar-refractivity contribution in [1.29, 1.82) is 0 Å². The molecule has 7 heteroatoms. The van der Waals surface area contributed by atoms with Gasteiger partial charge in [0.15, 0.2) is 5.13 Å². The second-order valence-corrected chi connectivity index (χ2v) is 6.88. The zero-order valence-electron chi connectivity index (χ0n) is 14.2. The molecule has 0 unspecified atom stereocenters. The maximum Gasteiger partial charge on any atom is 0.268 e. The molecule has 5 nitrogen and oxygen atoms in total. The van der Waals surface area contributed by atoms with Gasteiger partial charge in [0.1, 0.15) is 4.88 Å². The summed E-state index contributed by atoms with van der Waals surface area (Å²) in [6, 6.07) is 16.7. The van der Waals surface area contributed by atoms with Crippen molar-refractivity contribution in [3.05, 3.63) is 64.5 Å². The van der Waals surface area contributed by atoms with Gasteiger partial charge in [0.2, 0.25) is 0 Å². The zero-order chi connectivity index (χ0) is 18.4. The lowest BCUT2D eigenvalue weighted by Crippen LogP contribution is -2.11. The number of hydrogen-bond acceptors (Lipinski definition) is 5. The molecule has 3 rings (SSSR count). The molecule has 26 heavy (non-hydrogen) atoms. The van der Waals surface area contributed by atoms with Crippen LogP contribution < -0.4 is 10.6 Å². The first-order valence-electron chi connectivity index (χ1n) is 8.03. The molecular formula is C19H18ClN3O2S. The largest absolute Gasteiger partial charge is 0.383 e. The predicted octanol–water partition coefficient (Wildman–Crippen LogP) is 4.77. The van der Waals surface area contributed by atoms with E-state index in [0.717, 1.165) is 5.56 Å². The number of nitrogens with one attached hydrogen (secondary N) is 2. The molecule has 0 fully saturated rings. The maximum absolute atomic E-state index is 12.8. The highest BCUT2D eigenvalue weighted by atomic mass is 35.5. The highest BCUT2D eigenvalue weighted by Crippen LogP contribution is 2.31. The molecule has 1 aromatic heterocycles. The Kier molecular flexibility index (Phi) is 6.22. The third kappa shape index (κ3) is 4.60. The highest BCUT2D eigenvalue weighted by molar-refractivity contribution is 7.18. The molecule has 0 saturated heterocycles. The van der Waals surface area contributed by atoms with E-state index >= 15 is 0 Å². The number of carbonyl (C=O) groups is 1. The van der Waals surface area contributed by atoms with Gasteiger partial charge in [-0.1, -0.05) is 53.3 Å². The van der Waals surface area contributed by atoms with Gasteiger partial charge in [-0.2, -0.15) is 0 Å². The van der Waals surface area contributed by atoms with Gasteiger partial charge in [0.05, 0.1) is 12.3 Å². The number of methoxy groups -OCH3 is 1. The first-order valence-corrected chi connectivity index (χ1v) is 9.23. The van der Waals surface area contributed by atoms with Crippen LogP contribution >= 0.6 is 22.9 Å². The van der Waals surface area contributed by atoms with Crippen LogP contribution in [-0.4, -0.2) is 31.2 Å². The van der Waals surface area contributed by atoms with Gasteiger partial charge in [0.25, 0.3) is 5.91 Å². The van der Waals surface area contributed by atoms with Crippen LogP contribution in [0.15, 0.2) is 54.6 Å². The first-order chi connectivity index (χ1) is 12.7. The fourth-order valence-electron chi connectivity index (χ4n) is 2.32. The number of thiazole rings is 1. The molecule has 0 aliphatic heterocycles. The summed E-state index contributed by atoms with van der Waals surface area (Å²) in [4.78, 5) is 18.0. The summed E-state index contributed by atoms with van der Waals surface area (Å²) in [5.74, 6) is -0.205. The van der Waals surface area contributed by atoms with Crippen LogP contribution in [0.2, 0.25) is 5.02 Å². The van der Waals surface area contributed by atoms with E-state index in [1.165, 1.54) is 11.3 Å². The Bertz CT molecular complexity index is 866. The lowest BCUT2D eigenvalue weighted by molar-refractivity contribution is 0.103. The van der Waals surface area contributed by atoms with Crippen LogP contribution in [0.5, 0.6) is 0 Å². The van der Waals surface area contributed by atoms with E-state index in [9.17, 15) is 4.79 Å². The first kappa shape index (κ1) is 18.4. The molecule has 0 radical (unpaired) electrons. The van der Waals surface area contributed by atoms with Gasteiger partial charge in [-0.25, -0.2) is 4.98 Å². The summed E-state index contributed by atoms with van der Waals surface area (Å²) in [5.41, 5.74) is 2.23. The quantitative estimate of drug-likeness (QED) is 0.573. The Balaban J connectivity index is 1.87. The number of nitrogens with zero attached hydrogens (tertiary/aromatic N) is 1. The lowest BCUT2D eigenvalue weighted by Gasteiger charge is -2.05. The minimum absolute atomic E-state index is 0.205. The van der Waals surface area contributed by atoms with Gasteiger partial charge >= 0.3 is 0 Å². The van der Waals surface area contributed by atoms with E-state index in [4.69, 9.17) is 16.3 Å². The Labute approximate surface area is 161 Å². The number of ether oxygens (including phenoxy) is 1. The molecule has 0 saturated carbocycles. The third-order valence-corrected chi connectivity index (χ3v) is 4.83. The topological polar surface area (TPSA) is 63.2 Å². The van der Waals surface area contributed by atoms with E-state index in [-0.39, 0.29) is 5.91 Å². The molecule has 3 aromatic rings. The third-order valence-electron chi connectivity index (χ3n) is 3.57. The Morgan fingerprint density at radius 2 is 1.88 bits per heavy atom. The molecule has 0 aliphatic carbocycles. The summed E-state index contributed by atoms with van der Waals surface area (Å²) in [5, 5.41) is 7.39. The predicted molar refractivity (Wildman–Crippen MR) is 107 cm³/mol. The van der Waals surface area contributed by atoms with Gasteiger partial charge in [-0.15, -0.1) is 0 Å². The van der Waals surface area contributed by atoms with E-state index in [0.29, 0.717) is 39.6 Å². The number of anilines is 2. The average molecular weight is 388 g/mol. The number of hydrogen-bond donors (Lipinski definition) is 2. The Morgan fingerprint density at radius 1 is 1.15 bits per heavy atom. The summed E-state index contributed by atoms with van der Waals surface area (Å²) in [6.45, 7) is 1.18. The van der Waals surface area contributed by atoms with Crippen molar-refractivity contribution in [2.45, 2.75) is 0 Å². The van der Waals surface area contributed by atoms with Crippen molar-refractivity contribution in [3.8, 4) is 11.3 Å². The van der Waals surface area contributed by atoms with E-state index in [1.54, 1.807) is 31.4 Å². The average Bonchev–Trinajstić information content (AvgIpc) is 3.09. The number of aromatic nitrogens is 1. The van der Waals surface area contributed by atoms with Gasteiger partial charge < -0.3 is 15.4 Å². The molecule has 2 aromatic carbocycles. The van der Waals surface area contributed by atoms with Crippen LogP contribution in [0.25, 0.3) is 11.3 Å². The lowest BCUT2D eigenvalue weighted by atomic mass is 10.1. The monoisotopic (exact) mass is 387 g/mol. The molecule has 2 N–H and O–H groups in total. The number of benzene rings is 2. The van der Waals surface area contributed by atoms with Crippen LogP contribution in [0.4, 0.5) is 10.8 Å². The number of halogens is 1. The molecule has 0 spiro atoms. The molecular weight excluding hydrogens is 370 g/mol. The van der Waals surface area contributed by atoms with Gasteiger partial charge in [0, 0.05) is 29.9 Å². The minimum Gasteiger partial charge on any atom is -0.383 e. The second kappa shape index (κ2) is 8.80.